The van der Waals surface area contributed by atoms with E-state index in [1.54, 1.807) is 0 Å². The minimum Gasteiger partial charge on any atom is -0.341 e. The number of carbonyl (C=O) groups excluding carboxylic acids is 2. The van der Waals surface area contributed by atoms with Crippen LogP contribution in [-0.4, -0.2) is 42.9 Å². The molecule has 0 aliphatic carbocycles. The van der Waals surface area contributed by atoms with Gasteiger partial charge in [-0.25, -0.2) is 0 Å². The zero-order valence-electron chi connectivity index (χ0n) is 13.4. The first-order valence-corrected chi connectivity index (χ1v) is 8.00. The van der Waals surface area contributed by atoms with Gasteiger partial charge in [0.1, 0.15) is 0 Å². The molecular formula is C17H24ClN3O2. The van der Waals surface area contributed by atoms with Crippen LogP contribution in [0.2, 0.25) is 0 Å². The molecule has 1 aromatic carbocycles. The number of para-hydroxylation sites is 1. The molecular weight excluding hydrogens is 314 g/mol. The normalized spacial score (nSPS) is 22.7. The first kappa shape index (κ1) is 17.8. The van der Waals surface area contributed by atoms with Crippen molar-refractivity contribution < 1.29 is 9.59 Å². The Morgan fingerprint density at radius 1 is 1.35 bits per heavy atom. The van der Waals surface area contributed by atoms with Crippen LogP contribution in [0.15, 0.2) is 24.3 Å². The van der Waals surface area contributed by atoms with Crippen molar-refractivity contribution in [2.75, 3.05) is 25.5 Å². The highest BCUT2D eigenvalue weighted by atomic mass is 35.5. The van der Waals surface area contributed by atoms with Crippen LogP contribution in [0.25, 0.3) is 0 Å². The van der Waals surface area contributed by atoms with Crippen molar-refractivity contribution in [1.82, 2.24) is 10.2 Å². The number of anilines is 1. The lowest BCUT2D eigenvalue weighted by molar-refractivity contribution is -0.132. The Kier molecular flexibility index (Phi) is 6.02. The first-order chi connectivity index (χ1) is 10.6. The Bertz CT molecular complexity index is 573. The van der Waals surface area contributed by atoms with E-state index in [1.807, 2.05) is 36.2 Å². The largest absolute Gasteiger partial charge is 0.341 e. The molecule has 0 saturated carbocycles. The molecule has 0 aromatic heterocycles. The molecule has 1 saturated heterocycles. The van der Waals surface area contributed by atoms with E-state index in [0.717, 1.165) is 37.2 Å². The highest BCUT2D eigenvalue weighted by Crippen LogP contribution is 2.27. The maximum atomic E-state index is 12.3. The molecule has 6 heteroatoms. The van der Waals surface area contributed by atoms with Gasteiger partial charge in [0.05, 0.1) is 0 Å². The van der Waals surface area contributed by atoms with Gasteiger partial charge in [-0.15, -0.1) is 12.4 Å². The fourth-order valence-electron chi connectivity index (χ4n) is 3.29. The van der Waals surface area contributed by atoms with Crippen LogP contribution in [-0.2, 0) is 16.0 Å². The standard InChI is InChI=1S/C17H23N3O2.ClH/c1-20(14-8-9-18-11-14)16(21)7-6-13-10-12-4-2-3-5-15(12)19-17(13)22;/h2-5,13-14,18H,6-11H2,1H3,(H,19,22);1H. The van der Waals surface area contributed by atoms with E-state index in [0.29, 0.717) is 18.9 Å². The van der Waals surface area contributed by atoms with E-state index in [4.69, 9.17) is 0 Å². The minimum absolute atomic E-state index is 0. The van der Waals surface area contributed by atoms with Crippen LogP contribution in [0, 0.1) is 5.92 Å². The van der Waals surface area contributed by atoms with Gasteiger partial charge in [-0.05, 0) is 37.4 Å². The summed E-state index contributed by atoms with van der Waals surface area (Å²) in [7, 11) is 1.87. The zero-order valence-corrected chi connectivity index (χ0v) is 14.2. The summed E-state index contributed by atoms with van der Waals surface area (Å²) in [5, 5.41) is 6.22. The third-order valence-corrected chi connectivity index (χ3v) is 4.79. The van der Waals surface area contributed by atoms with Gasteiger partial charge in [-0.1, -0.05) is 18.2 Å². The first-order valence-electron chi connectivity index (χ1n) is 8.00. The van der Waals surface area contributed by atoms with Crippen molar-refractivity contribution in [3.05, 3.63) is 29.8 Å². The second-order valence-electron chi connectivity index (χ2n) is 6.24. The van der Waals surface area contributed by atoms with E-state index < -0.39 is 0 Å². The lowest BCUT2D eigenvalue weighted by Crippen LogP contribution is -2.39. The van der Waals surface area contributed by atoms with Gasteiger partial charge in [0, 0.05) is 37.7 Å². The van der Waals surface area contributed by atoms with E-state index in [9.17, 15) is 9.59 Å². The van der Waals surface area contributed by atoms with Crippen molar-refractivity contribution in [1.29, 1.82) is 0 Å². The highest BCUT2D eigenvalue weighted by Gasteiger charge is 2.28. The lowest BCUT2D eigenvalue weighted by atomic mass is 9.89. The summed E-state index contributed by atoms with van der Waals surface area (Å²) in [6.45, 7) is 1.85. The van der Waals surface area contributed by atoms with Crippen molar-refractivity contribution in [3.8, 4) is 0 Å². The Morgan fingerprint density at radius 2 is 2.13 bits per heavy atom. The number of hydrogen-bond donors (Lipinski definition) is 2. The summed E-state index contributed by atoms with van der Waals surface area (Å²) >= 11 is 0. The van der Waals surface area contributed by atoms with Gasteiger partial charge in [0.15, 0.2) is 0 Å². The smallest absolute Gasteiger partial charge is 0.227 e. The second-order valence-corrected chi connectivity index (χ2v) is 6.24. The number of hydrogen-bond acceptors (Lipinski definition) is 3. The van der Waals surface area contributed by atoms with Crippen LogP contribution in [0.4, 0.5) is 5.69 Å². The summed E-state index contributed by atoms with van der Waals surface area (Å²) in [5.74, 6) is 0.0750. The van der Waals surface area contributed by atoms with Crippen molar-refractivity contribution in [2.45, 2.75) is 31.7 Å². The number of nitrogens with zero attached hydrogens (tertiary/aromatic N) is 1. The van der Waals surface area contributed by atoms with Gasteiger partial charge in [0.25, 0.3) is 0 Å². The third kappa shape index (κ3) is 4.03. The van der Waals surface area contributed by atoms with Crippen LogP contribution >= 0.6 is 12.4 Å². The van der Waals surface area contributed by atoms with E-state index in [-0.39, 0.29) is 30.1 Å². The lowest BCUT2D eigenvalue weighted by Gasteiger charge is -2.27. The van der Waals surface area contributed by atoms with Gasteiger partial charge in [-0.2, -0.15) is 0 Å². The summed E-state index contributed by atoms with van der Waals surface area (Å²) < 4.78 is 0. The molecule has 2 aliphatic heterocycles. The SMILES string of the molecule is CN(C(=O)CCC1Cc2ccccc2NC1=O)C1CCNC1.Cl. The molecule has 3 rings (SSSR count). The summed E-state index contributed by atoms with van der Waals surface area (Å²) in [5.41, 5.74) is 2.07. The number of carbonyl (C=O) groups is 2. The van der Waals surface area contributed by atoms with Crippen molar-refractivity contribution in [3.63, 3.8) is 0 Å². The van der Waals surface area contributed by atoms with E-state index in [1.165, 1.54) is 0 Å². The predicted molar refractivity (Wildman–Crippen MR) is 92.8 cm³/mol. The fraction of sp³-hybridized carbons (Fsp3) is 0.529. The Morgan fingerprint density at radius 3 is 2.87 bits per heavy atom. The van der Waals surface area contributed by atoms with Gasteiger partial charge >= 0.3 is 0 Å². The summed E-state index contributed by atoms with van der Waals surface area (Å²) in [4.78, 5) is 26.3. The van der Waals surface area contributed by atoms with Crippen molar-refractivity contribution in [2.24, 2.45) is 5.92 Å². The van der Waals surface area contributed by atoms with E-state index >= 15 is 0 Å². The third-order valence-electron chi connectivity index (χ3n) is 4.79. The van der Waals surface area contributed by atoms with Gasteiger partial charge < -0.3 is 15.5 Å². The number of likely N-dealkylation sites (N-methyl/N-ethyl adjacent to an activating group) is 1. The average molecular weight is 338 g/mol. The molecule has 0 bridgehead atoms. The Hall–Kier alpha value is -1.59. The number of amides is 2. The van der Waals surface area contributed by atoms with Crippen LogP contribution in [0.5, 0.6) is 0 Å². The number of rotatable bonds is 4. The zero-order chi connectivity index (χ0) is 15.5. The van der Waals surface area contributed by atoms with Crippen LogP contribution in [0.1, 0.15) is 24.8 Å². The van der Waals surface area contributed by atoms with Gasteiger partial charge in [-0.3, -0.25) is 9.59 Å². The molecule has 0 radical (unpaired) electrons. The molecule has 2 aliphatic rings. The molecule has 1 fully saturated rings. The molecule has 2 heterocycles. The molecule has 5 nitrogen and oxygen atoms in total. The molecule has 2 atom stereocenters. The predicted octanol–water partition coefficient (Wildman–Crippen LogP) is 1.82. The maximum absolute atomic E-state index is 12.3. The quantitative estimate of drug-likeness (QED) is 0.881. The minimum atomic E-state index is -0.103. The fourth-order valence-corrected chi connectivity index (χ4v) is 3.29. The number of halogens is 1. The number of nitrogens with one attached hydrogen (secondary N) is 2. The summed E-state index contributed by atoms with van der Waals surface area (Å²) in [6.07, 6.45) is 2.79. The molecule has 2 unspecified atom stereocenters. The topological polar surface area (TPSA) is 61.4 Å². The van der Waals surface area contributed by atoms with E-state index in [2.05, 4.69) is 10.6 Å². The molecule has 2 N–H and O–H groups in total. The molecule has 1 aromatic rings. The highest BCUT2D eigenvalue weighted by molar-refractivity contribution is 5.96. The average Bonchev–Trinajstić information content (AvgIpc) is 3.06. The Labute approximate surface area is 143 Å². The van der Waals surface area contributed by atoms with Gasteiger partial charge in [0.2, 0.25) is 11.8 Å². The number of benzene rings is 1. The van der Waals surface area contributed by atoms with Crippen molar-refractivity contribution >= 4 is 29.9 Å². The number of fused-ring (bicyclic) bond motifs is 1. The van der Waals surface area contributed by atoms with Crippen LogP contribution in [0.3, 0.4) is 0 Å². The molecule has 0 spiro atoms. The van der Waals surface area contributed by atoms with Crippen LogP contribution < -0.4 is 10.6 Å². The maximum Gasteiger partial charge on any atom is 0.227 e. The molecule has 2 amide bonds. The summed E-state index contributed by atoms with van der Waals surface area (Å²) in [6, 6.07) is 8.18. The molecule has 23 heavy (non-hydrogen) atoms. The second kappa shape index (κ2) is 7.79. The molecule has 126 valence electrons. The monoisotopic (exact) mass is 337 g/mol. The Balaban J connectivity index is 0.00000192.